The van der Waals surface area contributed by atoms with Gasteiger partial charge in [0.2, 0.25) is 0 Å². The maximum absolute atomic E-state index is 13.7. The summed E-state index contributed by atoms with van der Waals surface area (Å²) >= 11 is 5.67. The van der Waals surface area contributed by atoms with Crippen LogP contribution in [0.2, 0.25) is 5.02 Å². The van der Waals surface area contributed by atoms with Gasteiger partial charge in [-0.1, -0.05) is 23.7 Å². The van der Waals surface area contributed by atoms with Crippen LogP contribution in [-0.4, -0.2) is 24.3 Å². The minimum Gasteiger partial charge on any atom is -0.497 e. The fourth-order valence-electron chi connectivity index (χ4n) is 1.84. The Morgan fingerprint density at radius 2 is 2.00 bits per heavy atom. The lowest BCUT2D eigenvalue weighted by Gasteiger charge is -2.13. The van der Waals surface area contributed by atoms with Crippen molar-refractivity contribution in [3.05, 3.63) is 52.8 Å². The van der Waals surface area contributed by atoms with Gasteiger partial charge >= 0.3 is 7.12 Å². The van der Waals surface area contributed by atoms with Gasteiger partial charge in [0, 0.05) is 0 Å². The monoisotopic (exact) mass is 310 g/mol. The summed E-state index contributed by atoms with van der Waals surface area (Å²) in [6, 6.07) is 9.12. The molecule has 0 unspecified atom stereocenters. The zero-order chi connectivity index (χ0) is 15.4. The lowest BCUT2D eigenvalue weighted by atomic mass is 9.77. The molecule has 0 heterocycles. The van der Waals surface area contributed by atoms with Gasteiger partial charge in [0.15, 0.2) is 11.6 Å². The molecule has 0 fully saturated rings. The highest BCUT2D eigenvalue weighted by molar-refractivity contribution is 6.59. The number of halogens is 2. The van der Waals surface area contributed by atoms with Gasteiger partial charge in [-0.3, -0.25) is 0 Å². The minimum absolute atomic E-state index is 0.0105. The summed E-state index contributed by atoms with van der Waals surface area (Å²) in [6.07, 6.45) is 0. The number of methoxy groups -OCH3 is 1. The standard InChI is InChI=1S/C14H13BClFO4/c1-20-10-5-6-11(15(18)19)9(7-10)8-21-13-4-2-3-12(16)14(13)17/h2-7,18-19H,8H2,1H3. The van der Waals surface area contributed by atoms with Crippen LogP contribution in [0.3, 0.4) is 0 Å². The van der Waals surface area contributed by atoms with Crippen molar-refractivity contribution >= 4 is 24.2 Å². The molecule has 110 valence electrons. The molecular formula is C14H13BClFO4. The summed E-state index contributed by atoms with van der Waals surface area (Å²) in [7, 11) is -0.162. The first-order chi connectivity index (χ1) is 10.0. The molecule has 0 aliphatic heterocycles. The number of benzene rings is 2. The fraction of sp³-hybridized carbons (Fsp3) is 0.143. The van der Waals surface area contributed by atoms with Crippen molar-refractivity contribution < 1.29 is 23.9 Å². The quantitative estimate of drug-likeness (QED) is 0.826. The summed E-state index contributed by atoms with van der Waals surface area (Å²) in [4.78, 5) is 0. The van der Waals surface area contributed by atoms with Crippen molar-refractivity contribution in [1.82, 2.24) is 0 Å². The highest BCUT2D eigenvalue weighted by Crippen LogP contribution is 2.25. The Labute approximate surface area is 126 Å². The molecule has 7 heteroatoms. The first-order valence-corrected chi connectivity index (χ1v) is 6.50. The average Bonchev–Trinajstić information content (AvgIpc) is 2.48. The topological polar surface area (TPSA) is 58.9 Å². The van der Waals surface area contributed by atoms with Gasteiger partial charge in [0.05, 0.1) is 12.1 Å². The predicted molar refractivity (Wildman–Crippen MR) is 78.6 cm³/mol. The number of rotatable bonds is 5. The Kier molecular flexibility index (Phi) is 5.06. The Morgan fingerprint density at radius 1 is 1.24 bits per heavy atom. The van der Waals surface area contributed by atoms with E-state index in [1.54, 1.807) is 18.2 Å². The molecule has 0 saturated carbocycles. The van der Waals surface area contributed by atoms with E-state index < -0.39 is 12.9 Å². The van der Waals surface area contributed by atoms with Crippen molar-refractivity contribution in [1.29, 1.82) is 0 Å². The Balaban J connectivity index is 2.24. The molecule has 0 radical (unpaired) electrons. The zero-order valence-corrected chi connectivity index (χ0v) is 12.0. The molecule has 4 nitrogen and oxygen atoms in total. The molecule has 2 aromatic rings. The van der Waals surface area contributed by atoms with Gasteiger partial charge in [-0.25, -0.2) is 4.39 Å². The van der Waals surface area contributed by atoms with E-state index in [9.17, 15) is 14.4 Å². The molecule has 2 aromatic carbocycles. The molecular weight excluding hydrogens is 297 g/mol. The summed E-state index contributed by atoms with van der Waals surface area (Å²) in [5.41, 5.74) is 0.738. The molecule has 0 aliphatic carbocycles. The molecule has 2 N–H and O–H groups in total. The number of hydrogen-bond acceptors (Lipinski definition) is 4. The molecule has 0 bridgehead atoms. The molecule has 0 aromatic heterocycles. The van der Waals surface area contributed by atoms with Crippen LogP contribution in [0.4, 0.5) is 4.39 Å². The van der Waals surface area contributed by atoms with Crippen LogP contribution >= 0.6 is 11.6 Å². The van der Waals surface area contributed by atoms with Crippen LogP contribution < -0.4 is 14.9 Å². The lowest BCUT2D eigenvalue weighted by Crippen LogP contribution is -2.33. The predicted octanol–water partition coefficient (Wildman–Crippen LogP) is 1.75. The highest BCUT2D eigenvalue weighted by Gasteiger charge is 2.17. The van der Waals surface area contributed by atoms with Crippen LogP contribution in [0.1, 0.15) is 5.56 Å². The third kappa shape index (κ3) is 3.67. The second kappa shape index (κ2) is 6.80. The molecule has 0 spiro atoms. The Hall–Kier alpha value is -1.76. The third-order valence-electron chi connectivity index (χ3n) is 2.93. The molecule has 21 heavy (non-hydrogen) atoms. The number of ether oxygens (including phenoxy) is 2. The van der Waals surface area contributed by atoms with E-state index in [2.05, 4.69) is 0 Å². The lowest BCUT2D eigenvalue weighted by molar-refractivity contribution is 0.290. The molecule has 0 atom stereocenters. The first kappa shape index (κ1) is 15.6. The van der Waals surface area contributed by atoms with E-state index in [-0.39, 0.29) is 22.8 Å². The van der Waals surface area contributed by atoms with E-state index in [4.69, 9.17) is 21.1 Å². The average molecular weight is 311 g/mol. The van der Waals surface area contributed by atoms with E-state index in [1.165, 1.54) is 25.3 Å². The maximum Gasteiger partial charge on any atom is 0.488 e. The van der Waals surface area contributed by atoms with Crippen molar-refractivity contribution in [2.45, 2.75) is 6.61 Å². The van der Waals surface area contributed by atoms with Crippen molar-refractivity contribution in [2.24, 2.45) is 0 Å². The SMILES string of the molecule is COc1ccc(B(O)O)c(COc2cccc(Cl)c2F)c1. The maximum atomic E-state index is 13.7. The molecule has 0 saturated heterocycles. The van der Waals surface area contributed by atoms with E-state index in [0.717, 1.165) is 0 Å². The summed E-state index contributed by atoms with van der Waals surface area (Å²) in [5, 5.41) is 18.6. The largest absolute Gasteiger partial charge is 0.497 e. The van der Waals surface area contributed by atoms with E-state index >= 15 is 0 Å². The van der Waals surface area contributed by atoms with Crippen LogP contribution in [0.25, 0.3) is 0 Å². The van der Waals surface area contributed by atoms with Gasteiger partial charge in [-0.2, -0.15) is 0 Å². The van der Waals surface area contributed by atoms with Crippen molar-refractivity contribution in [2.75, 3.05) is 7.11 Å². The summed E-state index contributed by atoms with van der Waals surface area (Å²) in [6.45, 7) is -0.0542. The normalized spacial score (nSPS) is 10.3. The van der Waals surface area contributed by atoms with Gasteiger partial charge in [-0.15, -0.1) is 0 Å². The Bertz CT molecular complexity index is 636. The summed E-state index contributed by atoms with van der Waals surface area (Å²) in [5.74, 6) is -0.138. The molecule has 0 aliphatic rings. The van der Waals surface area contributed by atoms with Crippen LogP contribution in [0, 0.1) is 5.82 Å². The van der Waals surface area contributed by atoms with Crippen molar-refractivity contribution in [3.63, 3.8) is 0 Å². The first-order valence-electron chi connectivity index (χ1n) is 6.12. The van der Waals surface area contributed by atoms with Gasteiger partial charge < -0.3 is 19.5 Å². The highest BCUT2D eigenvalue weighted by atomic mass is 35.5. The number of hydrogen-bond donors (Lipinski definition) is 2. The molecule has 2 rings (SSSR count). The zero-order valence-electron chi connectivity index (χ0n) is 11.2. The van der Waals surface area contributed by atoms with Gasteiger partial charge in [-0.05, 0) is 35.3 Å². The fourth-order valence-corrected chi connectivity index (χ4v) is 2.00. The van der Waals surface area contributed by atoms with E-state index in [0.29, 0.717) is 11.3 Å². The van der Waals surface area contributed by atoms with Gasteiger partial charge in [0.25, 0.3) is 0 Å². The van der Waals surface area contributed by atoms with Crippen LogP contribution in [-0.2, 0) is 6.61 Å². The second-order valence-corrected chi connectivity index (χ2v) is 4.69. The smallest absolute Gasteiger partial charge is 0.488 e. The van der Waals surface area contributed by atoms with Crippen molar-refractivity contribution in [3.8, 4) is 11.5 Å². The van der Waals surface area contributed by atoms with Crippen LogP contribution in [0.5, 0.6) is 11.5 Å². The summed E-state index contributed by atoms with van der Waals surface area (Å²) < 4.78 is 24.2. The van der Waals surface area contributed by atoms with Gasteiger partial charge in [0.1, 0.15) is 12.4 Å². The third-order valence-corrected chi connectivity index (χ3v) is 3.22. The second-order valence-electron chi connectivity index (χ2n) is 4.28. The minimum atomic E-state index is -1.65. The van der Waals surface area contributed by atoms with E-state index in [1.807, 2.05) is 0 Å². The molecule has 0 amide bonds. The van der Waals surface area contributed by atoms with Crippen LogP contribution in [0.15, 0.2) is 36.4 Å². The Morgan fingerprint density at radius 3 is 2.67 bits per heavy atom.